The summed E-state index contributed by atoms with van der Waals surface area (Å²) in [5, 5.41) is 28.3. The molecule has 90 valence electrons. The smallest absolute Gasteiger partial charge is 0.160 e. The van der Waals surface area contributed by atoms with E-state index < -0.39 is 6.10 Å². The molecule has 0 saturated heterocycles. The van der Waals surface area contributed by atoms with Gasteiger partial charge in [-0.3, -0.25) is 0 Å². The van der Waals surface area contributed by atoms with Crippen LogP contribution in [0.4, 0.5) is 0 Å². The van der Waals surface area contributed by atoms with Crippen LogP contribution in [0.15, 0.2) is 18.2 Å². The molecule has 1 aromatic carbocycles. The maximum Gasteiger partial charge on any atom is 0.160 e. The maximum atomic E-state index is 9.95. The second kappa shape index (κ2) is 5.72. The van der Waals surface area contributed by atoms with Gasteiger partial charge in [-0.15, -0.1) is 0 Å². The summed E-state index contributed by atoms with van der Waals surface area (Å²) in [6, 6.07) is 4.80. The van der Waals surface area contributed by atoms with Crippen molar-refractivity contribution in [1.82, 2.24) is 0 Å². The molecule has 16 heavy (non-hydrogen) atoms. The van der Waals surface area contributed by atoms with E-state index in [1.807, 2.05) is 6.92 Å². The summed E-state index contributed by atoms with van der Waals surface area (Å²) in [6.45, 7) is 1.89. The molecule has 4 heteroatoms. The number of methoxy groups -OCH3 is 1. The molecule has 4 nitrogen and oxygen atoms in total. The normalized spacial score (nSPS) is 14.5. The summed E-state index contributed by atoms with van der Waals surface area (Å²) < 4.78 is 4.92. The van der Waals surface area contributed by atoms with E-state index in [2.05, 4.69) is 0 Å². The van der Waals surface area contributed by atoms with Gasteiger partial charge in [0.15, 0.2) is 11.5 Å². The lowest BCUT2D eigenvalue weighted by molar-refractivity contribution is 0.0988. The number of aliphatic hydroxyl groups is 2. The van der Waals surface area contributed by atoms with Crippen molar-refractivity contribution in [2.24, 2.45) is 5.92 Å². The highest BCUT2D eigenvalue weighted by Crippen LogP contribution is 2.32. The summed E-state index contributed by atoms with van der Waals surface area (Å²) in [5.41, 5.74) is 0.624. The van der Waals surface area contributed by atoms with Gasteiger partial charge < -0.3 is 20.1 Å². The summed E-state index contributed by atoms with van der Waals surface area (Å²) in [4.78, 5) is 0. The van der Waals surface area contributed by atoms with E-state index in [1.165, 1.54) is 13.2 Å². The molecule has 0 bridgehead atoms. The zero-order valence-electron chi connectivity index (χ0n) is 9.55. The Balaban J connectivity index is 2.84. The van der Waals surface area contributed by atoms with Crippen LogP contribution in [-0.2, 0) is 0 Å². The molecule has 0 heterocycles. The van der Waals surface area contributed by atoms with Gasteiger partial charge in [0.1, 0.15) is 0 Å². The minimum Gasteiger partial charge on any atom is -0.504 e. The van der Waals surface area contributed by atoms with Crippen LogP contribution < -0.4 is 4.74 Å². The van der Waals surface area contributed by atoms with E-state index in [-0.39, 0.29) is 18.3 Å². The lowest BCUT2D eigenvalue weighted by Crippen LogP contribution is -2.10. The van der Waals surface area contributed by atoms with Gasteiger partial charge in [0, 0.05) is 6.61 Å². The highest BCUT2D eigenvalue weighted by atomic mass is 16.5. The second-order valence-corrected chi connectivity index (χ2v) is 3.87. The third kappa shape index (κ3) is 2.87. The monoisotopic (exact) mass is 226 g/mol. The summed E-state index contributed by atoms with van der Waals surface area (Å²) in [6.07, 6.45) is -0.169. The minimum absolute atomic E-state index is 0.00949. The fourth-order valence-corrected chi connectivity index (χ4v) is 1.58. The Kier molecular flexibility index (Phi) is 4.58. The van der Waals surface area contributed by atoms with Crippen LogP contribution in [0.25, 0.3) is 0 Å². The van der Waals surface area contributed by atoms with Gasteiger partial charge >= 0.3 is 0 Å². The molecule has 0 radical (unpaired) electrons. The number of hydrogen-bond donors (Lipinski definition) is 3. The van der Waals surface area contributed by atoms with Crippen molar-refractivity contribution in [1.29, 1.82) is 0 Å². The van der Waals surface area contributed by atoms with Gasteiger partial charge in [-0.05, 0) is 30.0 Å². The summed E-state index contributed by atoms with van der Waals surface area (Å²) in [7, 11) is 1.47. The third-order valence-electron chi connectivity index (χ3n) is 2.67. The fraction of sp³-hybridized carbons (Fsp3) is 0.500. The molecule has 0 aliphatic heterocycles. The lowest BCUT2D eigenvalue weighted by atomic mass is 9.95. The second-order valence-electron chi connectivity index (χ2n) is 3.87. The quantitative estimate of drug-likeness (QED) is 0.710. The van der Waals surface area contributed by atoms with Crippen molar-refractivity contribution in [2.45, 2.75) is 19.4 Å². The van der Waals surface area contributed by atoms with Crippen LogP contribution in [0, 0.1) is 5.92 Å². The molecule has 0 fully saturated rings. The minimum atomic E-state index is -0.691. The van der Waals surface area contributed by atoms with Crippen LogP contribution in [0.5, 0.6) is 11.5 Å². The lowest BCUT2D eigenvalue weighted by Gasteiger charge is -2.18. The van der Waals surface area contributed by atoms with Crippen LogP contribution in [0.1, 0.15) is 25.0 Å². The first-order chi connectivity index (χ1) is 7.60. The molecule has 1 rings (SSSR count). The molecular formula is C12H18O4. The van der Waals surface area contributed by atoms with Crippen molar-refractivity contribution in [3.63, 3.8) is 0 Å². The third-order valence-corrected chi connectivity index (χ3v) is 2.67. The first kappa shape index (κ1) is 12.8. The van der Waals surface area contributed by atoms with Crippen molar-refractivity contribution in [2.75, 3.05) is 13.7 Å². The van der Waals surface area contributed by atoms with Crippen molar-refractivity contribution < 1.29 is 20.1 Å². The number of aromatic hydroxyl groups is 1. The highest BCUT2D eigenvalue weighted by Gasteiger charge is 2.17. The Morgan fingerprint density at radius 1 is 1.38 bits per heavy atom. The predicted molar refractivity (Wildman–Crippen MR) is 60.5 cm³/mol. The van der Waals surface area contributed by atoms with Gasteiger partial charge in [0.05, 0.1) is 13.2 Å². The number of phenols is 1. The number of phenolic OH excluding ortho intramolecular Hbond substituents is 1. The van der Waals surface area contributed by atoms with E-state index >= 15 is 0 Å². The van der Waals surface area contributed by atoms with Crippen molar-refractivity contribution in [3.8, 4) is 11.5 Å². The molecule has 0 aromatic heterocycles. The average Bonchev–Trinajstić information content (AvgIpc) is 2.28. The standard InChI is InChI=1S/C12H18O4/c1-8(5-6-13)12(15)9-3-4-11(16-2)10(14)7-9/h3-4,7-8,12-15H,5-6H2,1-2H3/t8-,12+/m1/s1. The predicted octanol–water partition coefficient (Wildman–Crippen LogP) is 1.45. The highest BCUT2D eigenvalue weighted by molar-refractivity contribution is 5.42. The maximum absolute atomic E-state index is 9.95. The van der Waals surface area contributed by atoms with Crippen molar-refractivity contribution >= 4 is 0 Å². The van der Waals surface area contributed by atoms with E-state index in [1.54, 1.807) is 12.1 Å². The van der Waals surface area contributed by atoms with Gasteiger partial charge in [0.25, 0.3) is 0 Å². The van der Waals surface area contributed by atoms with Crippen LogP contribution in [0.2, 0.25) is 0 Å². The molecule has 1 aromatic rings. The Hall–Kier alpha value is -1.26. The van der Waals surface area contributed by atoms with Crippen LogP contribution in [0.3, 0.4) is 0 Å². The topological polar surface area (TPSA) is 69.9 Å². The number of ether oxygens (including phenoxy) is 1. The average molecular weight is 226 g/mol. The van der Waals surface area contributed by atoms with E-state index in [0.29, 0.717) is 17.7 Å². The van der Waals surface area contributed by atoms with Gasteiger partial charge in [-0.1, -0.05) is 13.0 Å². The number of aliphatic hydroxyl groups excluding tert-OH is 2. The molecule has 0 unspecified atom stereocenters. The molecule has 0 spiro atoms. The zero-order valence-corrected chi connectivity index (χ0v) is 9.55. The molecule has 2 atom stereocenters. The Morgan fingerprint density at radius 2 is 2.06 bits per heavy atom. The molecular weight excluding hydrogens is 208 g/mol. The van der Waals surface area contributed by atoms with E-state index in [4.69, 9.17) is 9.84 Å². The Labute approximate surface area is 95.1 Å². The number of benzene rings is 1. The number of rotatable bonds is 5. The summed E-state index contributed by atoms with van der Waals surface area (Å²) in [5.74, 6) is 0.332. The Morgan fingerprint density at radius 3 is 2.56 bits per heavy atom. The van der Waals surface area contributed by atoms with Crippen LogP contribution in [-0.4, -0.2) is 29.0 Å². The first-order valence-corrected chi connectivity index (χ1v) is 5.26. The molecule has 0 amide bonds. The molecule has 0 aliphatic carbocycles. The van der Waals surface area contributed by atoms with E-state index in [9.17, 15) is 10.2 Å². The zero-order chi connectivity index (χ0) is 12.1. The largest absolute Gasteiger partial charge is 0.504 e. The van der Waals surface area contributed by atoms with Gasteiger partial charge in [0.2, 0.25) is 0 Å². The first-order valence-electron chi connectivity index (χ1n) is 5.26. The molecule has 3 N–H and O–H groups in total. The van der Waals surface area contributed by atoms with Gasteiger partial charge in [-0.2, -0.15) is 0 Å². The number of hydrogen-bond acceptors (Lipinski definition) is 4. The van der Waals surface area contributed by atoms with Crippen LogP contribution >= 0.6 is 0 Å². The van der Waals surface area contributed by atoms with E-state index in [0.717, 1.165) is 0 Å². The van der Waals surface area contributed by atoms with Crippen molar-refractivity contribution in [3.05, 3.63) is 23.8 Å². The molecule has 0 aliphatic rings. The SMILES string of the molecule is COc1ccc([C@@H](O)[C@H](C)CCO)cc1O. The van der Waals surface area contributed by atoms with Gasteiger partial charge in [-0.25, -0.2) is 0 Å². The Bertz CT molecular complexity index is 338. The molecule has 0 saturated carbocycles. The fourth-order valence-electron chi connectivity index (χ4n) is 1.58. The summed E-state index contributed by atoms with van der Waals surface area (Å²) >= 11 is 0.